The highest BCUT2D eigenvalue weighted by atomic mass is 16.7. The van der Waals surface area contributed by atoms with E-state index in [0.29, 0.717) is 6.61 Å². The number of rotatable bonds is 9. The molecule has 4 nitrogen and oxygen atoms in total. The number of fused-ring (bicyclic) bond motifs is 1. The van der Waals surface area contributed by atoms with E-state index in [9.17, 15) is 0 Å². The van der Waals surface area contributed by atoms with Crippen molar-refractivity contribution in [3.05, 3.63) is 95.1 Å². The van der Waals surface area contributed by atoms with Gasteiger partial charge in [-0.25, -0.2) is 0 Å². The molecule has 0 unspecified atom stereocenters. The standard InChI is InChI=1S/C28H31NO3/c1-29(2)18-19-31-24-13-8-22(9-14-24)28(23-10-15-25(16-11-23)32-20-30-3)27-17-12-21-6-4-5-7-26(21)27/h4-11,13-16H,12,17-20H2,1-3H3. The molecule has 0 saturated heterocycles. The topological polar surface area (TPSA) is 30.9 Å². The Morgan fingerprint density at radius 1 is 0.781 bits per heavy atom. The van der Waals surface area contributed by atoms with Gasteiger partial charge < -0.3 is 19.1 Å². The predicted molar refractivity (Wildman–Crippen MR) is 130 cm³/mol. The van der Waals surface area contributed by atoms with Gasteiger partial charge >= 0.3 is 0 Å². The van der Waals surface area contributed by atoms with Gasteiger partial charge in [-0.15, -0.1) is 0 Å². The van der Waals surface area contributed by atoms with Crippen LogP contribution in [0.25, 0.3) is 11.1 Å². The maximum absolute atomic E-state index is 5.91. The van der Waals surface area contributed by atoms with Crippen LogP contribution in [0.5, 0.6) is 11.5 Å². The third kappa shape index (κ3) is 5.21. The molecule has 166 valence electrons. The zero-order valence-corrected chi connectivity index (χ0v) is 19.1. The van der Waals surface area contributed by atoms with Crippen LogP contribution in [0.15, 0.2) is 72.8 Å². The molecule has 0 amide bonds. The van der Waals surface area contributed by atoms with E-state index < -0.39 is 0 Å². The maximum atomic E-state index is 5.91. The second kappa shape index (κ2) is 10.5. The molecule has 4 heteroatoms. The first kappa shape index (κ1) is 22.1. The summed E-state index contributed by atoms with van der Waals surface area (Å²) >= 11 is 0. The normalized spacial score (nSPS) is 14.4. The minimum Gasteiger partial charge on any atom is -0.492 e. The Bertz CT molecular complexity index is 1050. The lowest BCUT2D eigenvalue weighted by Gasteiger charge is -2.16. The number of likely N-dealkylation sites (N-methyl/N-ethyl adjacent to an activating group) is 1. The van der Waals surface area contributed by atoms with Crippen molar-refractivity contribution in [2.24, 2.45) is 0 Å². The number of hydrogen-bond acceptors (Lipinski definition) is 4. The maximum Gasteiger partial charge on any atom is 0.188 e. The first-order valence-corrected chi connectivity index (χ1v) is 11.1. The summed E-state index contributed by atoms with van der Waals surface area (Å²) in [6.07, 6.45) is 2.12. The van der Waals surface area contributed by atoms with Crippen LogP contribution in [0.1, 0.15) is 28.7 Å². The SMILES string of the molecule is COCOc1ccc(C(=C2CCc3ccccc32)c2ccc(OCCN(C)C)cc2)cc1. The number of benzene rings is 3. The van der Waals surface area contributed by atoms with Gasteiger partial charge in [0.1, 0.15) is 18.1 Å². The first-order valence-electron chi connectivity index (χ1n) is 11.1. The first-order chi connectivity index (χ1) is 15.7. The summed E-state index contributed by atoms with van der Waals surface area (Å²) in [5.41, 5.74) is 7.82. The zero-order chi connectivity index (χ0) is 22.3. The second-order valence-corrected chi connectivity index (χ2v) is 8.26. The summed E-state index contributed by atoms with van der Waals surface area (Å²) in [5, 5.41) is 0. The number of methoxy groups -OCH3 is 1. The van der Waals surface area contributed by atoms with E-state index in [4.69, 9.17) is 14.2 Å². The number of aryl methyl sites for hydroxylation is 1. The van der Waals surface area contributed by atoms with Crippen LogP contribution in [0.4, 0.5) is 0 Å². The van der Waals surface area contributed by atoms with E-state index >= 15 is 0 Å². The van der Waals surface area contributed by atoms with Gasteiger partial charge in [0.05, 0.1) is 0 Å². The van der Waals surface area contributed by atoms with Gasteiger partial charge in [0.2, 0.25) is 0 Å². The summed E-state index contributed by atoms with van der Waals surface area (Å²) < 4.78 is 16.5. The van der Waals surface area contributed by atoms with Crippen molar-refractivity contribution in [2.45, 2.75) is 12.8 Å². The smallest absolute Gasteiger partial charge is 0.188 e. The molecule has 0 atom stereocenters. The zero-order valence-electron chi connectivity index (χ0n) is 19.1. The van der Waals surface area contributed by atoms with Crippen molar-refractivity contribution in [3.8, 4) is 11.5 Å². The molecule has 0 aromatic heterocycles. The highest BCUT2D eigenvalue weighted by molar-refractivity contribution is 6.00. The van der Waals surface area contributed by atoms with Gasteiger partial charge in [0.15, 0.2) is 6.79 Å². The second-order valence-electron chi connectivity index (χ2n) is 8.26. The van der Waals surface area contributed by atoms with Crippen LogP contribution in [-0.2, 0) is 11.2 Å². The van der Waals surface area contributed by atoms with E-state index in [1.54, 1.807) is 7.11 Å². The monoisotopic (exact) mass is 429 g/mol. The molecule has 1 aliphatic carbocycles. The molecule has 0 aliphatic heterocycles. The van der Waals surface area contributed by atoms with Crippen molar-refractivity contribution >= 4 is 11.1 Å². The number of hydrogen-bond donors (Lipinski definition) is 0. The lowest BCUT2D eigenvalue weighted by Crippen LogP contribution is -2.19. The fourth-order valence-electron chi connectivity index (χ4n) is 4.11. The van der Waals surface area contributed by atoms with Crippen LogP contribution < -0.4 is 9.47 Å². The Hall–Kier alpha value is -3.08. The molecule has 0 fully saturated rings. The lowest BCUT2D eigenvalue weighted by molar-refractivity contribution is 0.0511. The third-order valence-electron chi connectivity index (χ3n) is 5.73. The molecule has 0 N–H and O–H groups in total. The minimum atomic E-state index is 0.246. The molecule has 0 heterocycles. The molecular formula is C28H31NO3. The molecule has 0 bridgehead atoms. The molecule has 0 saturated carbocycles. The number of nitrogens with zero attached hydrogens (tertiary/aromatic N) is 1. The van der Waals surface area contributed by atoms with Crippen molar-refractivity contribution in [3.63, 3.8) is 0 Å². The summed E-state index contributed by atoms with van der Waals surface area (Å²) in [4.78, 5) is 2.12. The average molecular weight is 430 g/mol. The van der Waals surface area contributed by atoms with Crippen molar-refractivity contribution in [1.29, 1.82) is 0 Å². The Balaban J connectivity index is 1.69. The Kier molecular flexibility index (Phi) is 7.25. The minimum absolute atomic E-state index is 0.246. The molecule has 1 aliphatic rings. The van der Waals surface area contributed by atoms with E-state index in [0.717, 1.165) is 30.9 Å². The van der Waals surface area contributed by atoms with Gasteiger partial charge in [-0.1, -0.05) is 48.5 Å². The summed E-state index contributed by atoms with van der Waals surface area (Å²) in [6.45, 7) is 1.82. The van der Waals surface area contributed by atoms with Gasteiger partial charge in [-0.3, -0.25) is 0 Å². The molecule has 0 radical (unpaired) electrons. The van der Waals surface area contributed by atoms with Crippen LogP contribution in [0.3, 0.4) is 0 Å². The predicted octanol–water partition coefficient (Wildman–Crippen LogP) is 5.52. The molecule has 0 spiro atoms. The van der Waals surface area contributed by atoms with Gasteiger partial charge in [0, 0.05) is 13.7 Å². The van der Waals surface area contributed by atoms with Crippen LogP contribution in [0.2, 0.25) is 0 Å². The molecular weight excluding hydrogens is 398 g/mol. The van der Waals surface area contributed by atoms with Crippen molar-refractivity contribution < 1.29 is 14.2 Å². The van der Waals surface area contributed by atoms with E-state index in [1.807, 2.05) is 12.1 Å². The molecule has 3 aromatic carbocycles. The third-order valence-corrected chi connectivity index (χ3v) is 5.73. The number of allylic oxidation sites excluding steroid dienone is 1. The largest absolute Gasteiger partial charge is 0.492 e. The summed E-state index contributed by atoms with van der Waals surface area (Å²) in [7, 11) is 5.73. The van der Waals surface area contributed by atoms with Crippen LogP contribution in [0, 0.1) is 0 Å². The Labute approximate surface area is 191 Å². The summed E-state index contributed by atoms with van der Waals surface area (Å²) in [5.74, 6) is 1.70. The molecule has 32 heavy (non-hydrogen) atoms. The van der Waals surface area contributed by atoms with E-state index in [1.165, 1.54) is 33.4 Å². The fraction of sp³-hybridized carbons (Fsp3) is 0.286. The van der Waals surface area contributed by atoms with Crippen molar-refractivity contribution in [2.75, 3.05) is 41.1 Å². The molecule has 3 aromatic rings. The van der Waals surface area contributed by atoms with E-state index in [2.05, 4.69) is 79.7 Å². The lowest BCUT2D eigenvalue weighted by atomic mass is 9.90. The van der Waals surface area contributed by atoms with Gasteiger partial charge in [-0.05, 0) is 84.6 Å². The highest BCUT2D eigenvalue weighted by Crippen LogP contribution is 2.41. The fourth-order valence-corrected chi connectivity index (χ4v) is 4.11. The Morgan fingerprint density at radius 2 is 1.41 bits per heavy atom. The van der Waals surface area contributed by atoms with Crippen molar-refractivity contribution in [1.82, 2.24) is 4.90 Å². The summed E-state index contributed by atoms with van der Waals surface area (Å²) in [6, 6.07) is 25.5. The van der Waals surface area contributed by atoms with E-state index in [-0.39, 0.29) is 6.79 Å². The average Bonchev–Trinajstić information content (AvgIpc) is 3.23. The highest BCUT2D eigenvalue weighted by Gasteiger charge is 2.21. The Morgan fingerprint density at radius 3 is 2.03 bits per heavy atom. The van der Waals surface area contributed by atoms with Gasteiger partial charge in [-0.2, -0.15) is 0 Å². The van der Waals surface area contributed by atoms with Gasteiger partial charge in [0.25, 0.3) is 0 Å². The van der Waals surface area contributed by atoms with Crippen LogP contribution >= 0.6 is 0 Å². The molecule has 4 rings (SSSR count). The quantitative estimate of drug-likeness (QED) is 0.420. The van der Waals surface area contributed by atoms with Crippen LogP contribution in [-0.4, -0.2) is 46.0 Å². The number of ether oxygens (including phenoxy) is 3.